The van der Waals surface area contributed by atoms with Crippen molar-refractivity contribution in [2.24, 2.45) is 5.92 Å². The fraction of sp³-hybridized carbons (Fsp3) is 0.286. The summed E-state index contributed by atoms with van der Waals surface area (Å²) < 4.78 is 54.7. The van der Waals surface area contributed by atoms with E-state index in [1.807, 2.05) is 19.1 Å². The predicted octanol–water partition coefficient (Wildman–Crippen LogP) is 7.88. The van der Waals surface area contributed by atoms with Crippen LogP contribution in [-0.2, 0) is 4.74 Å². The molecule has 3 aromatic carbocycles. The van der Waals surface area contributed by atoms with Crippen molar-refractivity contribution >= 4 is 0 Å². The molecule has 2 atom stereocenters. The highest BCUT2D eigenvalue weighted by molar-refractivity contribution is 5.71. The van der Waals surface area contributed by atoms with Gasteiger partial charge in [0.15, 0.2) is 11.6 Å². The van der Waals surface area contributed by atoms with Gasteiger partial charge >= 0.3 is 0 Å². The van der Waals surface area contributed by atoms with Gasteiger partial charge in [-0.15, -0.1) is 0 Å². The van der Waals surface area contributed by atoms with Crippen molar-refractivity contribution < 1.29 is 22.6 Å². The molecule has 4 rings (SSSR count). The van der Waals surface area contributed by atoms with Crippen LogP contribution in [-0.4, -0.2) is 13.2 Å². The second kappa shape index (κ2) is 10.3. The lowest BCUT2D eigenvalue weighted by atomic mass is 9.93. The molecule has 3 aromatic rings. The number of ether oxygens (including phenoxy) is 2. The van der Waals surface area contributed by atoms with Gasteiger partial charge in [-0.3, -0.25) is 0 Å². The van der Waals surface area contributed by atoms with Gasteiger partial charge in [-0.1, -0.05) is 48.6 Å². The van der Waals surface area contributed by atoms with Gasteiger partial charge in [-0.05, 0) is 61.6 Å². The van der Waals surface area contributed by atoms with E-state index in [4.69, 9.17) is 9.47 Å². The summed E-state index contributed by atoms with van der Waals surface area (Å²) in [6.07, 6.45) is 5.95. The molecule has 1 aliphatic rings. The highest BCUT2D eigenvalue weighted by Crippen LogP contribution is 2.35. The average molecular weight is 453 g/mol. The SMILES string of the molecule is CC=CC1CCC(c2ccc(-c3ccc(-c4ccc(OCC)c(F)c4F)cc3)c(F)c2)OC1. The Labute approximate surface area is 192 Å². The summed E-state index contributed by atoms with van der Waals surface area (Å²) in [6.45, 7) is 4.60. The molecule has 0 bridgehead atoms. The first-order valence-electron chi connectivity index (χ1n) is 11.3. The van der Waals surface area contributed by atoms with Gasteiger partial charge in [0.05, 0.1) is 19.3 Å². The number of allylic oxidation sites excluding steroid dienone is 1. The molecule has 0 amide bonds. The summed E-state index contributed by atoms with van der Waals surface area (Å²) >= 11 is 0. The van der Waals surface area contributed by atoms with Crippen LogP contribution in [0.15, 0.2) is 66.7 Å². The van der Waals surface area contributed by atoms with Crippen LogP contribution in [0.5, 0.6) is 5.75 Å². The molecule has 0 aromatic heterocycles. The van der Waals surface area contributed by atoms with Crippen LogP contribution in [0, 0.1) is 23.4 Å². The molecule has 1 aliphatic heterocycles. The smallest absolute Gasteiger partial charge is 0.201 e. The number of benzene rings is 3. The van der Waals surface area contributed by atoms with E-state index in [1.165, 1.54) is 18.2 Å². The molecule has 172 valence electrons. The molecule has 5 heteroatoms. The Morgan fingerprint density at radius 3 is 2.21 bits per heavy atom. The summed E-state index contributed by atoms with van der Waals surface area (Å²) in [5, 5.41) is 0. The molecular weight excluding hydrogens is 425 g/mol. The van der Waals surface area contributed by atoms with Crippen molar-refractivity contribution in [3.8, 4) is 28.0 Å². The van der Waals surface area contributed by atoms with Gasteiger partial charge in [-0.25, -0.2) is 8.78 Å². The minimum absolute atomic E-state index is 0.102. The lowest BCUT2D eigenvalue weighted by Gasteiger charge is -2.28. The highest BCUT2D eigenvalue weighted by atomic mass is 19.2. The summed E-state index contributed by atoms with van der Waals surface area (Å²) in [4.78, 5) is 0. The molecule has 0 saturated carbocycles. The maximum absolute atomic E-state index is 15.0. The van der Waals surface area contributed by atoms with Crippen LogP contribution in [0.25, 0.3) is 22.3 Å². The highest BCUT2D eigenvalue weighted by Gasteiger charge is 2.22. The second-order valence-electron chi connectivity index (χ2n) is 8.17. The normalized spacial score (nSPS) is 18.6. The molecule has 1 heterocycles. The van der Waals surface area contributed by atoms with Crippen LogP contribution in [0.3, 0.4) is 0 Å². The van der Waals surface area contributed by atoms with Crippen molar-refractivity contribution in [3.05, 3.63) is 89.8 Å². The topological polar surface area (TPSA) is 18.5 Å². The van der Waals surface area contributed by atoms with Crippen LogP contribution >= 0.6 is 0 Å². The Bertz CT molecular complexity index is 1130. The first kappa shape index (κ1) is 23.1. The molecule has 2 unspecified atom stereocenters. The molecule has 0 spiro atoms. The second-order valence-corrected chi connectivity index (χ2v) is 8.17. The zero-order valence-corrected chi connectivity index (χ0v) is 18.8. The zero-order valence-electron chi connectivity index (χ0n) is 18.8. The van der Waals surface area contributed by atoms with Crippen molar-refractivity contribution in [2.75, 3.05) is 13.2 Å². The maximum Gasteiger partial charge on any atom is 0.201 e. The Morgan fingerprint density at radius 2 is 1.61 bits per heavy atom. The number of hydrogen-bond acceptors (Lipinski definition) is 2. The minimum Gasteiger partial charge on any atom is -0.491 e. The Hall–Kier alpha value is -3.05. The zero-order chi connectivity index (χ0) is 23.4. The van der Waals surface area contributed by atoms with Gasteiger partial charge in [0.25, 0.3) is 0 Å². The van der Waals surface area contributed by atoms with Crippen molar-refractivity contribution in [1.29, 1.82) is 0 Å². The predicted molar refractivity (Wildman–Crippen MR) is 125 cm³/mol. The van der Waals surface area contributed by atoms with Gasteiger partial charge in [0, 0.05) is 17.0 Å². The van der Waals surface area contributed by atoms with E-state index in [-0.39, 0.29) is 29.8 Å². The first-order chi connectivity index (χ1) is 16.0. The van der Waals surface area contributed by atoms with E-state index < -0.39 is 11.6 Å². The molecule has 1 saturated heterocycles. The van der Waals surface area contributed by atoms with Crippen molar-refractivity contribution in [2.45, 2.75) is 32.8 Å². The standard InChI is InChI=1S/C28H27F3O2/c1-3-5-18-6-14-25(33-17-18)21-11-12-22(24(29)16-21)19-7-9-20(10-8-19)23-13-15-26(32-4-2)28(31)27(23)30/h3,5,7-13,15-16,18,25H,4,6,14,17H2,1-2H3. The van der Waals surface area contributed by atoms with E-state index in [9.17, 15) is 13.2 Å². The summed E-state index contributed by atoms with van der Waals surface area (Å²) in [5.41, 5.74) is 2.57. The van der Waals surface area contributed by atoms with Crippen molar-refractivity contribution in [3.63, 3.8) is 0 Å². The lowest BCUT2D eigenvalue weighted by molar-refractivity contribution is -0.00538. The van der Waals surface area contributed by atoms with Gasteiger partial charge in [-0.2, -0.15) is 4.39 Å². The largest absolute Gasteiger partial charge is 0.491 e. The first-order valence-corrected chi connectivity index (χ1v) is 11.3. The van der Waals surface area contributed by atoms with Crippen molar-refractivity contribution in [1.82, 2.24) is 0 Å². The fourth-order valence-corrected chi connectivity index (χ4v) is 4.28. The molecule has 0 aliphatic carbocycles. The third-order valence-corrected chi connectivity index (χ3v) is 5.99. The number of halogens is 3. The lowest BCUT2D eigenvalue weighted by Crippen LogP contribution is -2.19. The Morgan fingerprint density at radius 1 is 0.909 bits per heavy atom. The molecule has 0 N–H and O–H groups in total. The quantitative estimate of drug-likeness (QED) is 0.354. The fourth-order valence-electron chi connectivity index (χ4n) is 4.28. The van der Waals surface area contributed by atoms with E-state index >= 15 is 0 Å². The molecular formula is C28H27F3O2. The Balaban J connectivity index is 1.52. The third-order valence-electron chi connectivity index (χ3n) is 5.99. The van der Waals surface area contributed by atoms with Crippen LogP contribution in [0.1, 0.15) is 38.4 Å². The average Bonchev–Trinajstić information content (AvgIpc) is 2.83. The van der Waals surface area contributed by atoms with Crippen LogP contribution < -0.4 is 4.74 Å². The number of hydrogen-bond donors (Lipinski definition) is 0. The molecule has 2 nitrogen and oxygen atoms in total. The molecule has 1 fully saturated rings. The maximum atomic E-state index is 15.0. The van der Waals surface area contributed by atoms with E-state index in [2.05, 4.69) is 6.08 Å². The third kappa shape index (κ3) is 4.98. The van der Waals surface area contributed by atoms with E-state index in [0.29, 0.717) is 29.2 Å². The van der Waals surface area contributed by atoms with E-state index in [0.717, 1.165) is 18.4 Å². The molecule has 0 radical (unpaired) electrons. The minimum atomic E-state index is -1.01. The van der Waals surface area contributed by atoms with Crippen LogP contribution in [0.4, 0.5) is 13.2 Å². The van der Waals surface area contributed by atoms with Gasteiger partial charge < -0.3 is 9.47 Å². The van der Waals surface area contributed by atoms with Gasteiger partial charge in [0.1, 0.15) is 5.82 Å². The van der Waals surface area contributed by atoms with Crippen LogP contribution in [0.2, 0.25) is 0 Å². The van der Waals surface area contributed by atoms with E-state index in [1.54, 1.807) is 37.3 Å². The summed E-state index contributed by atoms with van der Waals surface area (Å²) in [5.74, 6) is -2.01. The van der Waals surface area contributed by atoms with Gasteiger partial charge in [0.2, 0.25) is 5.82 Å². The Kier molecular flexibility index (Phi) is 7.19. The monoisotopic (exact) mass is 452 g/mol. The summed E-state index contributed by atoms with van der Waals surface area (Å²) in [6, 6.07) is 14.8. The number of rotatable bonds is 6. The molecule has 33 heavy (non-hydrogen) atoms. The summed E-state index contributed by atoms with van der Waals surface area (Å²) in [7, 11) is 0.